The maximum absolute atomic E-state index is 13.8. The second-order valence-corrected chi connectivity index (χ2v) is 5.77. The van der Waals surface area contributed by atoms with Crippen molar-refractivity contribution in [3.05, 3.63) is 47.4 Å². The van der Waals surface area contributed by atoms with E-state index in [1.165, 1.54) is 37.8 Å². The highest BCUT2D eigenvalue weighted by atomic mass is 19.1. The smallest absolute Gasteiger partial charge is 0.178 e. The zero-order valence-corrected chi connectivity index (χ0v) is 14.4. The number of nitrogens with one attached hydrogen (secondary N) is 2. The summed E-state index contributed by atoms with van der Waals surface area (Å²) in [5.74, 6) is -0.398. The van der Waals surface area contributed by atoms with E-state index in [-0.39, 0.29) is 17.6 Å². The Kier molecular flexibility index (Phi) is 6.68. The van der Waals surface area contributed by atoms with Crippen molar-refractivity contribution in [2.75, 3.05) is 5.32 Å². The van der Waals surface area contributed by atoms with Crippen LogP contribution in [0.3, 0.4) is 0 Å². The highest BCUT2D eigenvalue weighted by Crippen LogP contribution is 2.18. The third-order valence-corrected chi connectivity index (χ3v) is 3.81. The predicted molar refractivity (Wildman–Crippen MR) is 94.7 cm³/mol. The summed E-state index contributed by atoms with van der Waals surface area (Å²) < 4.78 is 13.8. The van der Waals surface area contributed by atoms with Gasteiger partial charge in [-0.25, -0.2) is 19.3 Å². The number of hydrogen-bond donors (Lipinski definition) is 2. The molecule has 0 saturated heterocycles. The van der Waals surface area contributed by atoms with Gasteiger partial charge in [0.1, 0.15) is 12.0 Å². The SMILES string of the molecule is CCCc1c(CC(CC=N)Nc2ncccc2F)ncnc1C(C)=O. The van der Waals surface area contributed by atoms with Gasteiger partial charge in [0.2, 0.25) is 0 Å². The van der Waals surface area contributed by atoms with E-state index in [4.69, 9.17) is 5.41 Å². The van der Waals surface area contributed by atoms with Crippen LogP contribution in [0.4, 0.5) is 10.2 Å². The Labute approximate surface area is 146 Å². The highest BCUT2D eigenvalue weighted by molar-refractivity contribution is 5.93. The van der Waals surface area contributed by atoms with Crippen molar-refractivity contribution in [1.29, 1.82) is 5.41 Å². The van der Waals surface area contributed by atoms with E-state index in [1.807, 2.05) is 6.92 Å². The van der Waals surface area contributed by atoms with Gasteiger partial charge < -0.3 is 10.7 Å². The lowest BCUT2D eigenvalue weighted by molar-refractivity contribution is 0.101. The molecular weight excluding hydrogens is 321 g/mol. The molecule has 6 nitrogen and oxygen atoms in total. The largest absolute Gasteiger partial charge is 0.364 e. The number of pyridine rings is 1. The van der Waals surface area contributed by atoms with Crippen LogP contribution in [-0.4, -0.2) is 33.0 Å². The fraction of sp³-hybridized carbons (Fsp3) is 0.389. The zero-order chi connectivity index (χ0) is 18.2. The summed E-state index contributed by atoms with van der Waals surface area (Å²) in [6.07, 6.45) is 6.55. The number of rotatable bonds is 9. The van der Waals surface area contributed by atoms with Crippen molar-refractivity contribution in [1.82, 2.24) is 15.0 Å². The molecule has 0 aliphatic heterocycles. The van der Waals surface area contributed by atoms with Crippen molar-refractivity contribution in [3.8, 4) is 0 Å². The summed E-state index contributed by atoms with van der Waals surface area (Å²) >= 11 is 0. The Hall–Kier alpha value is -2.70. The maximum atomic E-state index is 13.8. The van der Waals surface area contributed by atoms with Crippen LogP contribution in [0.5, 0.6) is 0 Å². The summed E-state index contributed by atoms with van der Waals surface area (Å²) in [4.78, 5) is 24.3. The Balaban J connectivity index is 2.30. The van der Waals surface area contributed by atoms with Gasteiger partial charge in [0.05, 0.1) is 0 Å². The molecule has 0 amide bonds. The molecule has 2 heterocycles. The van der Waals surface area contributed by atoms with Crippen LogP contribution in [0.2, 0.25) is 0 Å². The Bertz CT molecular complexity index is 750. The van der Waals surface area contributed by atoms with Crippen molar-refractivity contribution in [2.24, 2.45) is 0 Å². The monoisotopic (exact) mass is 343 g/mol. The Morgan fingerprint density at radius 1 is 1.40 bits per heavy atom. The van der Waals surface area contributed by atoms with Crippen LogP contribution < -0.4 is 5.32 Å². The number of ketones is 1. The minimum atomic E-state index is -0.446. The molecule has 0 aliphatic carbocycles. The molecule has 0 spiro atoms. The first-order chi connectivity index (χ1) is 12.1. The fourth-order valence-electron chi connectivity index (χ4n) is 2.69. The van der Waals surface area contributed by atoms with E-state index in [9.17, 15) is 9.18 Å². The maximum Gasteiger partial charge on any atom is 0.178 e. The third kappa shape index (κ3) is 4.89. The van der Waals surface area contributed by atoms with Crippen LogP contribution in [0.15, 0.2) is 24.7 Å². The fourth-order valence-corrected chi connectivity index (χ4v) is 2.69. The number of aromatic nitrogens is 3. The molecule has 1 unspecified atom stereocenters. The number of carbonyl (C=O) groups excluding carboxylic acids is 1. The van der Waals surface area contributed by atoms with Crippen LogP contribution in [0, 0.1) is 11.2 Å². The zero-order valence-electron chi connectivity index (χ0n) is 14.4. The first kappa shape index (κ1) is 18.6. The Morgan fingerprint density at radius 3 is 2.84 bits per heavy atom. The number of nitrogens with zero attached hydrogens (tertiary/aromatic N) is 3. The van der Waals surface area contributed by atoms with Gasteiger partial charge in [0.25, 0.3) is 0 Å². The average Bonchev–Trinajstić information content (AvgIpc) is 2.58. The Morgan fingerprint density at radius 2 is 2.20 bits per heavy atom. The standard InChI is InChI=1S/C18H22FN5O/c1-3-5-14-16(22-11-23-17(14)12(2)25)10-13(7-8-20)24-18-15(19)6-4-9-21-18/h4,6,8-9,11,13,20H,3,5,7,10H2,1-2H3,(H,21,24). The molecule has 1 atom stereocenters. The molecule has 0 aliphatic rings. The van der Waals surface area contributed by atoms with E-state index >= 15 is 0 Å². The summed E-state index contributed by atoms with van der Waals surface area (Å²) in [6, 6.07) is 2.60. The number of carbonyl (C=O) groups is 1. The van der Waals surface area contributed by atoms with E-state index < -0.39 is 5.82 Å². The lowest BCUT2D eigenvalue weighted by Gasteiger charge is -2.19. The molecule has 7 heteroatoms. The molecule has 132 valence electrons. The minimum Gasteiger partial charge on any atom is -0.364 e. The van der Waals surface area contributed by atoms with E-state index in [0.717, 1.165) is 17.7 Å². The molecule has 0 bridgehead atoms. The van der Waals surface area contributed by atoms with Crippen molar-refractivity contribution >= 4 is 17.8 Å². The van der Waals surface area contributed by atoms with Gasteiger partial charge in [-0.2, -0.15) is 0 Å². The first-order valence-electron chi connectivity index (χ1n) is 8.26. The van der Waals surface area contributed by atoms with Crippen LogP contribution in [-0.2, 0) is 12.8 Å². The van der Waals surface area contributed by atoms with Gasteiger partial charge in [-0.05, 0) is 24.8 Å². The third-order valence-electron chi connectivity index (χ3n) is 3.81. The number of halogens is 1. The normalized spacial score (nSPS) is 11.8. The molecule has 0 fully saturated rings. The molecule has 2 aromatic heterocycles. The van der Waals surface area contributed by atoms with Crippen LogP contribution in [0.25, 0.3) is 0 Å². The van der Waals surface area contributed by atoms with Crippen LogP contribution >= 0.6 is 0 Å². The quantitative estimate of drug-likeness (QED) is 0.539. The molecule has 25 heavy (non-hydrogen) atoms. The lowest BCUT2D eigenvalue weighted by atomic mass is 9.98. The summed E-state index contributed by atoms with van der Waals surface area (Å²) in [6.45, 7) is 3.51. The van der Waals surface area contributed by atoms with Crippen molar-refractivity contribution < 1.29 is 9.18 Å². The van der Waals surface area contributed by atoms with E-state index in [0.29, 0.717) is 25.0 Å². The second kappa shape index (κ2) is 8.96. The van der Waals surface area contributed by atoms with Gasteiger partial charge in [0, 0.05) is 43.3 Å². The van der Waals surface area contributed by atoms with Crippen molar-refractivity contribution in [3.63, 3.8) is 0 Å². The van der Waals surface area contributed by atoms with Gasteiger partial charge >= 0.3 is 0 Å². The first-order valence-corrected chi connectivity index (χ1v) is 8.26. The molecule has 0 aromatic carbocycles. The van der Waals surface area contributed by atoms with E-state index in [1.54, 1.807) is 0 Å². The van der Waals surface area contributed by atoms with Gasteiger partial charge in [-0.3, -0.25) is 4.79 Å². The minimum absolute atomic E-state index is 0.0977. The summed E-state index contributed by atoms with van der Waals surface area (Å²) in [7, 11) is 0. The molecule has 2 aromatic rings. The van der Waals surface area contributed by atoms with Gasteiger partial charge in [0.15, 0.2) is 17.4 Å². The van der Waals surface area contributed by atoms with Gasteiger partial charge in [-0.1, -0.05) is 13.3 Å². The molecule has 2 rings (SSSR count). The summed E-state index contributed by atoms with van der Waals surface area (Å²) in [5.41, 5.74) is 2.01. The molecular formula is C18H22FN5O. The number of anilines is 1. The van der Waals surface area contributed by atoms with E-state index in [2.05, 4.69) is 20.3 Å². The highest BCUT2D eigenvalue weighted by Gasteiger charge is 2.18. The topological polar surface area (TPSA) is 91.6 Å². The molecule has 2 N–H and O–H groups in total. The number of Topliss-reactive ketones (excluding diaryl/α,β-unsaturated/α-hetero) is 1. The lowest BCUT2D eigenvalue weighted by Crippen LogP contribution is -2.26. The molecule has 0 saturated carbocycles. The molecule has 0 radical (unpaired) electrons. The van der Waals surface area contributed by atoms with Crippen LogP contribution in [0.1, 0.15) is 48.4 Å². The average molecular weight is 343 g/mol. The van der Waals surface area contributed by atoms with Gasteiger partial charge in [-0.15, -0.1) is 0 Å². The number of hydrogen-bond acceptors (Lipinski definition) is 6. The second-order valence-electron chi connectivity index (χ2n) is 5.77. The van der Waals surface area contributed by atoms with Crippen molar-refractivity contribution in [2.45, 2.75) is 45.6 Å². The predicted octanol–water partition coefficient (Wildman–Crippen LogP) is 3.23. The summed E-state index contributed by atoms with van der Waals surface area (Å²) in [5, 5.41) is 10.4.